The second kappa shape index (κ2) is 10.0. The summed E-state index contributed by atoms with van der Waals surface area (Å²) in [7, 11) is 1.32. The number of methoxy groups -OCH3 is 1. The van der Waals surface area contributed by atoms with Gasteiger partial charge in [0.05, 0.1) is 45.3 Å². The maximum absolute atomic E-state index is 13.6. The summed E-state index contributed by atoms with van der Waals surface area (Å²) in [5.41, 5.74) is 0.129. The van der Waals surface area contributed by atoms with Gasteiger partial charge in [0.2, 0.25) is 0 Å². The van der Waals surface area contributed by atoms with Gasteiger partial charge in [-0.3, -0.25) is 19.0 Å². The lowest BCUT2D eigenvalue weighted by Crippen LogP contribution is -2.40. The number of hydrogen-bond acceptors (Lipinski definition) is 4. The molecule has 4 rings (SSSR count). The van der Waals surface area contributed by atoms with E-state index in [0.717, 1.165) is 12.1 Å². The van der Waals surface area contributed by atoms with Crippen molar-refractivity contribution in [2.45, 2.75) is 32.9 Å². The number of amides is 1. The van der Waals surface area contributed by atoms with Crippen molar-refractivity contribution in [3.05, 3.63) is 68.3 Å². The van der Waals surface area contributed by atoms with E-state index in [9.17, 15) is 27.6 Å². The van der Waals surface area contributed by atoms with E-state index in [1.165, 1.54) is 36.9 Å². The molecule has 37 heavy (non-hydrogen) atoms. The summed E-state index contributed by atoms with van der Waals surface area (Å²) in [5.74, 6) is -1.71. The van der Waals surface area contributed by atoms with Crippen molar-refractivity contribution in [1.29, 1.82) is 0 Å². The number of aromatic nitrogens is 1. The third-order valence-corrected chi connectivity index (χ3v) is 7.39. The van der Waals surface area contributed by atoms with Crippen molar-refractivity contribution in [3.8, 4) is 0 Å². The molecule has 0 saturated carbocycles. The number of esters is 1. The van der Waals surface area contributed by atoms with E-state index >= 15 is 0 Å². The Hall–Kier alpha value is -3.04. The maximum atomic E-state index is 13.6. The summed E-state index contributed by atoms with van der Waals surface area (Å²) in [5, 5.41) is 0.121. The Labute approximate surface area is 220 Å². The lowest BCUT2D eigenvalue weighted by atomic mass is 9.96. The number of nitrogens with zero attached hydrogens (tertiary/aromatic N) is 2. The SMILES string of the molecule is COC(=O)C1CCN(C(=O)c2ccc(Cl)c(C(=O)n3cc(C)c4cc(C(F)(F)F)cc(C)c43)c2Cl)CC1. The second-order valence-electron chi connectivity index (χ2n) is 9.05. The number of alkyl halides is 3. The van der Waals surface area contributed by atoms with Crippen LogP contribution in [0.4, 0.5) is 13.2 Å². The molecule has 0 spiro atoms. The molecule has 11 heteroatoms. The van der Waals surface area contributed by atoms with E-state index < -0.39 is 23.6 Å². The lowest BCUT2D eigenvalue weighted by Gasteiger charge is -2.31. The number of piperidine rings is 1. The van der Waals surface area contributed by atoms with Crippen LogP contribution in [-0.4, -0.2) is 47.4 Å². The fourth-order valence-electron chi connectivity index (χ4n) is 4.74. The molecule has 3 aromatic rings. The first-order chi connectivity index (χ1) is 17.3. The first kappa shape index (κ1) is 27.0. The summed E-state index contributed by atoms with van der Waals surface area (Å²) in [6.07, 6.45) is -2.24. The molecule has 2 aromatic carbocycles. The number of carbonyl (C=O) groups is 3. The zero-order valence-corrected chi connectivity index (χ0v) is 21.7. The zero-order valence-electron chi connectivity index (χ0n) is 20.2. The molecule has 1 aliphatic heterocycles. The lowest BCUT2D eigenvalue weighted by molar-refractivity contribution is -0.146. The molecule has 0 radical (unpaired) electrons. The summed E-state index contributed by atoms with van der Waals surface area (Å²) < 4.78 is 46.0. The van der Waals surface area contributed by atoms with Gasteiger partial charge >= 0.3 is 12.1 Å². The predicted molar refractivity (Wildman–Crippen MR) is 133 cm³/mol. The third kappa shape index (κ3) is 4.94. The van der Waals surface area contributed by atoms with Gasteiger partial charge in [0, 0.05) is 24.7 Å². The van der Waals surface area contributed by atoms with Crippen LogP contribution in [0.1, 0.15) is 50.2 Å². The van der Waals surface area contributed by atoms with Crippen molar-refractivity contribution in [2.75, 3.05) is 20.2 Å². The molecule has 0 aliphatic carbocycles. The van der Waals surface area contributed by atoms with E-state index in [2.05, 4.69) is 0 Å². The zero-order chi connectivity index (χ0) is 27.2. The highest BCUT2D eigenvalue weighted by Gasteiger charge is 2.33. The topological polar surface area (TPSA) is 68.6 Å². The Balaban J connectivity index is 1.71. The van der Waals surface area contributed by atoms with Gasteiger partial charge in [-0.15, -0.1) is 0 Å². The van der Waals surface area contributed by atoms with E-state index in [-0.39, 0.29) is 44.0 Å². The Kier molecular flexibility index (Phi) is 7.32. The minimum Gasteiger partial charge on any atom is -0.469 e. The Morgan fingerprint density at radius 2 is 1.65 bits per heavy atom. The van der Waals surface area contributed by atoms with Crippen molar-refractivity contribution in [2.24, 2.45) is 5.92 Å². The van der Waals surface area contributed by atoms with Gasteiger partial charge in [-0.2, -0.15) is 13.2 Å². The highest BCUT2D eigenvalue weighted by Crippen LogP contribution is 2.37. The normalized spacial score (nSPS) is 14.8. The number of hydrogen-bond donors (Lipinski definition) is 0. The van der Waals surface area contributed by atoms with E-state index in [0.29, 0.717) is 37.0 Å². The van der Waals surface area contributed by atoms with Crippen molar-refractivity contribution in [3.63, 3.8) is 0 Å². The number of rotatable bonds is 3. The minimum absolute atomic E-state index is 0.0000160. The molecule has 1 amide bonds. The van der Waals surface area contributed by atoms with Gasteiger partial charge in [-0.05, 0) is 62.1 Å². The van der Waals surface area contributed by atoms with Crippen molar-refractivity contribution >= 4 is 51.9 Å². The summed E-state index contributed by atoms with van der Waals surface area (Å²) in [6.45, 7) is 3.71. The molecular weight excluding hydrogens is 532 g/mol. The summed E-state index contributed by atoms with van der Waals surface area (Å²) >= 11 is 12.9. The quantitative estimate of drug-likeness (QED) is 0.356. The molecule has 6 nitrogen and oxygen atoms in total. The van der Waals surface area contributed by atoms with Gasteiger partial charge in [0.15, 0.2) is 0 Å². The van der Waals surface area contributed by atoms with Crippen LogP contribution in [0.5, 0.6) is 0 Å². The molecule has 2 heterocycles. The van der Waals surface area contributed by atoms with Crippen LogP contribution in [0.2, 0.25) is 10.0 Å². The smallest absolute Gasteiger partial charge is 0.416 e. The highest BCUT2D eigenvalue weighted by atomic mass is 35.5. The number of ether oxygens (including phenoxy) is 1. The molecule has 0 bridgehead atoms. The molecule has 1 aromatic heterocycles. The third-order valence-electron chi connectivity index (χ3n) is 6.69. The summed E-state index contributed by atoms with van der Waals surface area (Å²) in [4.78, 5) is 40.2. The van der Waals surface area contributed by atoms with Crippen LogP contribution in [0.25, 0.3) is 10.9 Å². The fraction of sp³-hybridized carbons (Fsp3) is 0.346. The van der Waals surface area contributed by atoms with Gasteiger partial charge in [-0.25, -0.2) is 0 Å². The molecule has 196 valence electrons. The number of benzene rings is 2. The van der Waals surface area contributed by atoms with E-state index in [1.807, 2.05) is 0 Å². The monoisotopic (exact) mass is 554 g/mol. The van der Waals surface area contributed by atoms with Crippen LogP contribution < -0.4 is 0 Å². The number of aryl methyl sites for hydroxylation is 2. The average molecular weight is 555 g/mol. The van der Waals surface area contributed by atoms with Crippen molar-refractivity contribution in [1.82, 2.24) is 9.47 Å². The van der Waals surface area contributed by atoms with E-state index in [4.69, 9.17) is 27.9 Å². The van der Waals surface area contributed by atoms with Crippen molar-refractivity contribution < 1.29 is 32.3 Å². The van der Waals surface area contributed by atoms with Gasteiger partial charge in [-0.1, -0.05) is 23.2 Å². The van der Waals surface area contributed by atoms with E-state index in [1.54, 1.807) is 11.8 Å². The molecule has 1 saturated heterocycles. The first-order valence-electron chi connectivity index (χ1n) is 11.4. The first-order valence-corrected chi connectivity index (χ1v) is 12.2. The van der Waals surface area contributed by atoms with Gasteiger partial charge in [0.1, 0.15) is 0 Å². The Bertz CT molecular complexity index is 1420. The largest absolute Gasteiger partial charge is 0.469 e. The number of halogens is 5. The summed E-state index contributed by atoms with van der Waals surface area (Å²) in [6, 6.07) is 4.80. The van der Waals surface area contributed by atoms with Gasteiger partial charge in [0.25, 0.3) is 11.8 Å². The van der Waals surface area contributed by atoms with Crippen LogP contribution >= 0.6 is 23.2 Å². The molecule has 0 N–H and O–H groups in total. The van der Waals surface area contributed by atoms with Crippen LogP contribution in [0.3, 0.4) is 0 Å². The fourth-order valence-corrected chi connectivity index (χ4v) is 5.35. The minimum atomic E-state index is -4.54. The molecule has 1 fully saturated rings. The molecular formula is C26H23Cl2F3N2O4. The average Bonchev–Trinajstić information content (AvgIpc) is 3.19. The maximum Gasteiger partial charge on any atom is 0.416 e. The number of fused-ring (bicyclic) bond motifs is 1. The second-order valence-corrected chi connectivity index (χ2v) is 9.83. The predicted octanol–water partition coefficient (Wildman–Crippen LogP) is 6.30. The molecule has 1 aliphatic rings. The van der Waals surface area contributed by atoms with Crippen LogP contribution in [0.15, 0.2) is 30.5 Å². The van der Waals surface area contributed by atoms with Gasteiger partial charge < -0.3 is 9.64 Å². The Morgan fingerprint density at radius 1 is 1.00 bits per heavy atom. The standard InChI is InChI=1S/C26H23Cl2F3N2O4/c1-13-10-16(26(29,30)31)11-18-14(2)12-33(22(13)18)24(35)20-19(27)5-4-17(21(20)28)23(34)32-8-6-15(7-9-32)25(36)37-3/h4-5,10-12,15H,6-9H2,1-3H3. The number of likely N-dealkylation sites (tertiary alicyclic amines) is 1. The highest BCUT2D eigenvalue weighted by molar-refractivity contribution is 6.41. The Morgan fingerprint density at radius 3 is 2.24 bits per heavy atom. The molecule has 0 unspecified atom stereocenters. The molecule has 0 atom stereocenters. The number of carbonyl (C=O) groups excluding carboxylic acids is 3. The van der Waals surface area contributed by atoms with Crippen LogP contribution in [-0.2, 0) is 15.7 Å². The van der Waals surface area contributed by atoms with Crippen LogP contribution in [0, 0.1) is 19.8 Å².